The molecule has 0 aliphatic rings. The zero-order valence-corrected chi connectivity index (χ0v) is 10.1. The van der Waals surface area contributed by atoms with E-state index < -0.39 is 5.60 Å². The maximum absolute atomic E-state index is 10.4. The van der Waals surface area contributed by atoms with Crippen LogP contribution < -0.4 is 0 Å². The lowest BCUT2D eigenvalue weighted by atomic mass is 9.90. The number of hydrogen-bond donors (Lipinski definition) is 1. The highest BCUT2D eigenvalue weighted by molar-refractivity contribution is 5.79. The van der Waals surface area contributed by atoms with Crippen LogP contribution in [0.2, 0.25) is 0 Å². The zero-order valence-electron chi connectivity index (χ0n) is 10.1. The first-order chi connectivity index (χ1) is 8.13. The number of aliphatic hydroxyl groups is 1. The van der Waals surface area contributed by atoms with Gasteiger partial charge in [-0.1, -0.05) is 24.3 Å². The largest absolute Gasteiger partial charge is 0.385 e. The molecule has 1 N–H and O–H groups in total. The molecule has 0 fully saturated rings. The van der Waals surface area contributed by atoms with Gasteiger partial charge in [0.05, 0.1) is 11.1 Å². The van der Waals surface area contributed by atoms with E-state index in [0.29, 0.717) is 6.42 Å². The van der Waals surface area contributed by atoms with Crippen LogP contribution in [0.25, 0.3) is 10.9 Å². The number of pyridine rings is 1. The summed E-state index contributed by atoms with van der Waals surface area (Å²) in [5.74, 6) is 0. The first-order valence-corrected chi connectivity index (χ1v) is 5.82. The molecule has 2 rings (SSSR count). The van der Waals surface area contributed by atoms with Crippen LogP contribution in [0.1, 0.15) is 25.3 Å². The molecule has 0 radical (unpaired) electrons. The average molecular weight is 227 g/mol. The lowest BCUT2D eigenvalue weighted by molar-refractivity contribution is 0.0489. The van der Waals surface area contributed by atoms with Crippen molar-refractivity contribution in [1.82, 2.24) is 4.98 Å². The van der Waals surface area contributed by atoms with Crippen LogP contribution >= 0.6 is 0 Å². The van der Waals surface area contributed by atoms with Gasteiger partial charge in [-0.3, -0.25) is 4.98 Å². The molecule has 1 atom stereocenters. The average Bonchev–Trinajstić information content (AvgIpc) is 2.36. The quantitative estimate of drug-likeness (QED) is 0.812. The smallest absolute Gasteiger partial charge is 0.0872 e. The number of fused-ring (bicyclic) bond motifs is 1. The molecule has 17 heavy (non-hydrogen) atoms. The van der Waals surface area contributed by atoms with Crippen LogP contribution in [-0.4, -0.2) is 10.1 Å². The van der Waals surface area contributed by atoms with Gasteiger partial charge in [-0.2, -0.15) is 0 Å². The van der Waals surface area contributed by atoms with Crippen molar-refractivity contribution < 1.29 is 5.11 Å². The molecule has 0 spiro atoms. The second-order valence-electron chi connectivity index (χ2n) is 4.51. The van der Waals surface area contributed by atoms with Crippen molar-refractivity contribution in [3.8, 4) is 0 Å². The van der Waals surface area contributed by atoms with E-state index in [1.807, 2.05) is 43.3 Å². The summed E-state index contributed by atoms with van der Waals surface area (Å²) in [7, 11) is 0. The standard InChI is InChI=1S/C15H17NO/c1-3-4-9-15(2,17)13-8-7-12-6-5-10-16-14(12)11-13/h3,5-8,10-11,17H,1,4,9H2,2H3. The summed E-state index contributed by atoms with van der Waals surface area (Å²) < 4.78 is 0. The minimum absolute atomic E-state index is 0.675. The predicted molar refractivity (Wildman–Crippen MR) is 70.7 cm³/mol. The molecule has 0 bridgehead atoms. The van der Waals surface area contributed by atoms with Crippen LogP contribution in [0.3, 0.4) is 0 Å². The van der Waals surface area contributed by atoms with Gasteiger partial charge >= 0.3 is 0 Å². The van der Waals surface area contributed by atoms with Gasteiger partial charge in [-0.05, 0) is 37.5 Å². The van der Waals surface area contributed by atoms with Gasteiger partial charge in [0.2, 0.25) is 0 Å². The minimum atomic E-state index is -0.820. The Bertz CT molecular complexity index is 531. The molecular weight excluding hydrogens is 210 g/mol. The summed E-state index contributed by atoms with van der Waals surface area (Å²) in [6.45, 7) is 5.52. The van der Waals surface area contributed by atoms with Gasteiger partial charge in [0.1, 0.15) is 0 Å². The number of hydrogen-bond acceptors (Lipinski definition) is 2. The van der Waals surface area contributed by atoms with E-state index in [0.717, 1.165) is 22.9 Å². The van der Waals surface area contributed by atoms with Crippen molar-refractivity contribution in [3.63, 3.8) is 0 Å². The van der Waals surface area contributed by atoms with Gasteiger partial charge in [0.25, 0.3) is 0 Å². The van der Waals surface area contributed by atoms with Crippen molar-refractivity contribution in [3.05, 3.63) is 54.7 Å². The van der Waals surface area contributed by atoms with E-state index >= 15 is 0 Å². The summed E-state index contributed by atoms with van der Waals surface area (Å²) in [4.78, 5) is 4.30. The van der Waals surface area contributed by atoms with Gasteiger partial charge in [-0.15, -0.1) is 6.58 Å². The fraction of sp³-hybridized carbons (Fsp3) is 0.267. The summed E-state index contributed by atoms with van der Waals surface area (Å²) >= 11 is 0. The second kappa shape index (κ2) is 4.68. The molecule has 1 unspecified atom stereocenters. The Morgan fingerprint density at radius 1 is 1.41 bits per heavy atom. The molecule has 0 amide bonds. The number of aromatic nitrogens is 1. The van der Waals surface area contributed by atoms with E-state index in [1.165, 1.54) is 0 Å². The van der Waals surface area contributed by atoms with E-state index in [2.05, 4.69) is 11.6 Å². The maximum atomic E-state index is 10.4. The first-order valence-electron chi connectivity index (χ1n) is 5.82. The number of nitrogens with zero attached hydrogens (tertiary/aromatic N) is 1. The van der Waals surface area contributed by atoms with Crippen molar-refractivity contribution >= 4 is 10.9 Å². The number of allylic oxidation sites excluding steroid dienone is 1. The van der Waals surface area contributed by atoms with Gasteiger partial charge in [-0.25, -0.2) is 0 Å². The Morgan fingerprint density at radius 2 is 2.24 bits per heavy atom. The second-order valence-corrected chi connectivity index (χ2v) is 4.51. The molecule has 2 heteroatoms. The van der Waals surface area contributed by atoms with E-state index in [1.54, 1.807) is 6.20 Å². The Hall–Kier alpha value is -1.67. The highest BCUT2D eigenvalue weighted by Gasteiger charge is 2.22. The van der Waals surface area contributed by atoms with E-state index in [-0.39, 0.29) is 0 Å². The fourth-order valence-electron chi connectivity index (χ4n) is 1.93. The molecule has 2 aromatic rings. The van der Waals surface area contributed by atoms with Gasteiger partial charge in [0.15, 0.2) is 0 Å². The van der Waals surface area contributed by atoms with Gasteiger partial charge < -0.3 is 5.11 Å². The Kier molecular flexibility index (Phi) is 3.25. The molecule has 0 saturated carbocycles. The SMILES string of the molecule is C=CCCC(C)(O)c1ccc2cccnc2c1. The third kappa shape index (κ3) is 2.53. The van der Waals surface area contributed by atoms with Gasteiger partial charge in [0, 0.05) is 11.6 Å². The Balaban J connectivity index is 2.38. The third-order valence-electron chi connectivity index (χ3n) is 3.06. The molecule has 0 aliphatic heterocycles. The molecule has 88 valence electrons. The zero-order chi connectivity index (χ0) is 12.3. The Morgan fingerprint density at radius 3 is 3.00 bits per heavy atom. The molecule has 1 heterocycles. The molecule has 1 aromatic heterocycles. The fourth-order valence-corrected chi connectivity index (χ4v) is 1.93. The van der Waals surface area contributed by atoms with E-state index in [4.69, 9.17) is 0 Å². The summed E-state index contributed by atoms with van der Waals surface area (Å²) in [5, 5.41) is 11.5. The van der Waals surface area contributed by atoms with Crippen LogP contribution in [0.5, 0.6) is 0 Å². The monoisotopic (exact) mass is 227 g/mol. The Labute approximate surface area is 102 Å². The van der Waals surface area contributed by atoms with Crippen molar-refractivity contribution in [2.24, 2.45) is 0 Å². The third-order valence-corrected chi connectivity index (χ3v) is 3.06. The molecule has 1 aromatic carbocycles. The highest BCUT2D eigenvalue weighted by atomic mass is 16.3. The first kappa shape index (κ1) is 11.8. The number of rotatable bonds is 4. The van der Waals surface area contributed by atoms with Crippen LogP contribution in [0, 0.1) is 0 Å². The van der Waals surface area contributed by atoms with Crippen molar-refractivity contribution in [2.45, 2.75) is 25.4 Å². The summed E-state index contributed by atoms with van der Waals surface area (Å²) in [6, 6.07) is 9.86. The molecule has 2 nitrogen and oxygen atoms in total. The lowest BCUT2D eigenvalue weighted by Gasteiger charge is -2.23. The maximum Gasteiger partial charge on any atom is 0.0872 e. The molecule has 0 saturated heterocycles. The van der Waals surface area contributed by atoms with Crippen LogP contribution in [0.15, 0.2) is 49.2 Å². The van der Waals surface area contributed by atoms with E-state index in [9.17, 15) is 5.11 Å². The normalized spacial score (nSPS) is 14.5. The lowest BCUT2D eigenvalue weighted by Crippen LogP contribution is -2.20. The van der Waals surface area contributed by atoms with Crippen molar-refractivity contribution in [2.75, 3.05) is 0 Å². The minimum Gasteiger partial charge on any atom is -0.385 e. The van der Waals surface area contributed by atoms with Crippen LogP contribution in [0.4, 0.5) is 0 Å². The molecule has 0 aliphatic carbocycles. The highest BCUT2D eigenvalue weighted by Crippen LogP contribution is 2.28. The molecular formula is C15H17NO. The predicted octanol–water partition coefficient (Wildman–Crippen LogP) is 3.41. The summed E-state index contributed by atoms with van der Waals surface area (Å²) in [5.41, 5.74) is 1.01. The topological polar surface area (TPSA) is 33.1 Å². The van der Waals surface area contributed by atoms with Crippen LogP contribution in [-0.2, 0) is 5.60 Å². The summed E-state index contributed by atoms with van der Waals surface area (Å²) in [6.07, 6.45) is 5.07. The number of benzene rings is 1. The van der Waals surface area contributed by atoms with Crippen molar-refractivity contribution in [1.29, 1.82) is 0 Å².